The summed E-state index contributed by atoms with van der Waals surface area (Å²) in [6.07, 6.45) is 1.77. The molecule has 0 saturated carbocycles. The Morgan fingerprint density at radius 2 is 1.82 bits per heavy atom. The van der Waals surface area contributed by atoms with E-state index in [-0.39, 0.29) is 48.2 Å². The largest absolute Gasteiger partial charge is 0.327 e. The molecule has 2 amide bonds. The summed E-state index contributed by atoms with van der Waals surface area (Å²) >= 11 is 5.81. The number of nitrogens with one attached hydrogen (secondary N) is 1. The molecule has 0 bridgehead atoms. The second-order valence-electron chi connectivity index (χ2n) is 8.19. The summed E-state index contributed by atoms with van der Waals surface area (Å²) in [6.45, 7) is 3.85. The summed E-state index contributed by atoms with van der Waals surface area (Å²) in [7, 11) is 0. The first-order valence-electron chi connectivity index (χ1n) is 10.6. The normalized spacial score (nSPS) is 14.0. The summed E-state index contributed by atoms with van der Waals surface area (Å²) in [5, 5.41) is 2.61. The standard InChI is InChI=1S/C24H21ClF2N4O3/c1-14-11-30(28-23(33)15(14)2)12-16-3-5-20(26)18(9-16)24(34)29-7-8-31(22(32)13-29)17-4-6-21(27)19(25)10-17/h3-6,9-11H,7-8,12-13H2,1-2H3/p+1. The number of H-pyrrole nitrogens is 1. The van der Waals surface area contributed by atoms with Gasteiger partial charge in [-0.25, -0.2) is 8.78 Å². The maximum absolute atomic E-state index is 14.6. The van der Waals surface area contributed by atoms with Gasteiger partial charge < -0.3 is 9.80 Å². The molecule has 10 heteroatoms. The predicted molar refractivity (Wildman–Crippen MR) is 122 cm³/mol. The third-order valence-corrected chi connectivity index (χ3v) is 6.15. The molecule has 4 rings (SSSR count). The van der Waals surface area contributed by atoms with Crippen molar-refractivity contribution in [3.8, 4) is 0 Å². The van der Waals surface area contributed by atoms with E-state index in [0.29, 0.717) is 16.8 Å². The van der Waals surface area contributed by atoms with Gasteiger partial charge in [-0.3, -0.25) is 14.4 Å². The van der Waals surface area contributed by atoms with E-state index in [4.69, 9.17) is 11.6 Å². The van der Waals surface area contributed by atoms with E-state index >= 15 is 0 Å². The van der Waals surface area contributed by atoms with Crippen molar-refractivity contribution in [3.63, 3.8) is 0 Å². The number of carbonyl (C=O) groups is 2. The van der Waals surface area contributed by atoms with Crippen LogP contribution in [0, 0.1) is 25.5 Å². The molecule has 2 aromatic carbocycles. The molecule has 1 aromatic heterocycles. The highest BCUT2D eigenvalue weighted by Crippen LogP contribution is 2.25. The maximum Gasteiger partial charge on any atom is 0.301 e. The molecular formula is C24H22ClF2N4O3+. The van der Waals surface area contributed by atoms with Crippen LogP contribution in [0.2, 0.25) is 5.02 Å². The van der Waals surface area contributed by atoms with Gasteiger partial charge in [0.1, 0.15) is 18.2 Å². The molecule has 1 fully saturated rings. The lowest BCUT2D eigenvalue weighted by molar-refractivity contribution is -0.747. The molecule has 2 heterocycles. The predicted octanol–water partition coefficient (Wildman–Crippen LogP) is 2.75. The van der Waals surface area contributed by atoms with Crippen molar-refractivity contribution in [2.45, 2.75) is 20.4 Å². The number of benzene rings is 2. The number of nitrogens with zero attached hydrogens (tertiary/aromatic N) is 3. The number of halogens is 3. The van der Waals surface area contributed by atoms with Gasteiger partial charge in [-0.05, 0) is 50.2 Å². The first-order valence-corrected chi connectivity index (χ1v) is 10.9. The molecule has 0 spiro atoms. The molecular weight excluding hydrogens is 466 g/mol. The van der Waals surface area contributed by atoms with Gasteiger partial charge in [0, 0.05) is 35.5 Å². The summed E-state index contributed by atoms with van der Waals surface area (Å²) in [6, 6.07) is 8.12. The van der Waals surface area contributed by atoms with E-state index in [9.17, 15) is 23.2 Å². The van der Waals surface area contributed by atoms with E-state index in [0.717, 1.165) is 5.56 Å². The highest BCUT2D eigenvalue weighted by molar-refractivity contribution is 6.31. The highest BCUT2D eigenvalue weighted by Gasteiger charge is 2.30. The zero-order valence-corrected chi connectivity index (χ0v) is 19.3. The Morgan fingerprint density at radius 3 is 2.50 bits per heavy atom. The smallest absolute Gasteiger partial charge is 0.301 e. The van der Waals surface area contributed by atoms with Gasteiger partial charge in [-0.15, -0.1) is 9.78 Å². The minimum atomic E-state index is -0.701. The lowest BCUT2D eigenvalue weighted by Gasteiger charge is -2.34. The van der Waals surface area contributed by atoms with E-state index in [1.54, 1.807) is 17.8 Å². The molecule has 1 aliphatic rings. The monoisotopic (exact) mass is 487 g/mol. The third-order valence-electron chi connectivity index (χ3n) is 5.86. The fourth-order valence-electron chi connectivity index (χ4n) is 3.82. The molecule has 0 aliphatic carbocycles. The lowest BCUT2D eigenvalue weighted by atomic mass is 10.1. The van der Waals surface area contributed by atoms with Gasteiger partial charge in [0.25, 0.3) is 5.91 Å². The van der Waals surface area contributed by atoms with Crippen molar-refractivity contribution in [1.82, 2.24) is 10.00 Å². The minimum absolute atomic E-state index is 0.106. The number of hydrogen-bond donors (Lipinski definition) is 1. The van der Waals surface area contributed by atoms with Crippen molar-refractivity contribution in [2.24, 2.45) is 0 Å². The summed E-state index contributed by atoms with van der Waals surface area (Å²) < 4.78 is 29.6. The number of anilines is 1. The molecule has 3 aromatic rings. The fourth-order valence-corrected chi connectivity index (χ4v) is 3.99. The van der Waals surface area contributed by atoms with E-state index in [1.165, 1.54) is 46.2 Å². The molecule has 7 nitrogen and oxygen atoms in total. The first kappa shape index (κ1) is 23.6. The van der Waals surface area contributed by atoms with Crippen LogP contribution in [0.3, 0.4) is 0 Å². The van der Waals surface area contributed by atoms with Crippen LogP contribution in [0.15, 0.2) is 47.4 Å². The van der Waals surface area contributed by atoms with Crippen molar-refractivity contribution in [1.29, 1.82) is 0 Å². The minimum Gasteiger partial charge on any atom is -0.327 e. The fraction of sp³-hybridized carbons (Fsp3) is 0.250. The number of aromatic amines is 1. The van der Waals surface area contributed by atoms with Crippen LogP contribution in [0.1, 0.15) is 27.0 Å². The number of aryl methyl sites for hydroxylation is 1. The molecule has 0 radical (unpaired) electrons. The average Bonchev–Trinajstić information content (AvgIpc) is 2.80. The van der Waals surface area contributed by atoms with Gasteiger partial charge in [0.2, 0.25) is 5.91 Å². The SMILES string of the molecule is Cc1c[n+](Cc2ccc(F)c(C(=O)N3CCN(c4ccc(F)c(Cl)c4)C(=O)C3)c2)[nH]c(=O)c1C. The van der Waals surface area contributed by atoms with Crippen molar-refractivity contribution in [2.75, 3.05) is 24.5 Å². The van der Waals surface area contributed by atoms with Gasteiger partial charge >= 0.3 is 5.56 Å². The Labute approximate surface area is 199 Å². The van der Waals surface area contributed by atoms with Gasteiger partial charge in [0.15, 0.2) is 12.7 Å². The Balaban J connectivity index is 1.51. The number of aromatic nitrogens is 2. The molecule has 0 atom stereocenters. The molecule has 0 unspecified atom stereocenters. The third kappa shape index (κ3) is 4.70. The number of amides is 2. The van der Waals surface area contributed by atoms with E-state index in [2.05, 4.69) is 5.10 Å². The number of piperazine rings is 1. The molecule has 1 N–H and O–H groups in total. The molecule has 176 valence electrons. The first-order chi connectivity index (χ1) is 16.1. The van der Waals surface area contributed by atoms with Crippen LogP contribution in [0.25, 0.3) is 0 Å². The van der Waals surface area contributed by atoms with Gasteiger partial charge in [-0.1, -0.05) is 11.6 Å². The van der Waals surface area contributed by atoms with E-state index in [1.807, 2.05) is 6.92 Å². The Bertz CT molecular complexity index is 1360. The number of carbonyl (C=O) groups excluding carboxylic acids is 2. The van der Waals surface area contributed by atoms with Crippen LogP contribution in [0.4, 0.5) is 14.5 Å². The van der Waals surface area contributed by atoms with E-state index < -0.39 is 17.5 Å². The second-order valence-corrected chi connectivity index (χ2v) is 8.60. The number of rotatable bonds is 4. The zero-order valence-electron chi connectivity index (χ0n) is 18.6. The molecule has 34 heavy (non-hydrogen) atoms. The zero-order chi connectivity index (χ0) is 24.6. The molecule has 1 aliphatic heterocycles. The highest BCUT2D eigenvalue weighted by atomic mass is 35.5. The average molecular weight is 488 g/mol. The summed E-state index contributed by atoms with van der Waals surface area (Å²) in [5.41, 5.74) is 2.07. The quantitative estimate of drug-likeness (QED) is 0.575. The maximum atomic E-state index is 14.6. The van der Waals surface area contributed by atoms with Crippen molar-refractivity contribution in [3.05, 3.63) is 91.9 Å². The molecule has 1 saturated heterocycles. The van der Waals surface area contributed by atoms with Crippen LogP contribution in [0.5, 0.6) is 0 Å². The summed E-state index contributed by atoms with van der Waals surface area (Å²) in [5.74, 6) is -2.29. The second kappa shape index (κ2) is 9.34. The topological polar surface area (TPSA) is 77.4 Å². The summed E-state index contributed by atoms with van der Waals surface area (Å²) in [4.78, 5) is 40.4. The van der Waals surface area contributed by atoms with Crippen LogP contribution < -0.4 is 15.1 Å². The van der Waals surface area contributed by atoms with Crippen molar-refractivity contribution >= 4 is 29.1 Å². The van der Waals surface area contributed by atoms with Crippen molar-refractivity contribution < 1.29 is 23.1 Å². The van der Waals surface area contributed by atoms with Crippen LogP contribution >= 0.6 is 11.6 Å². The van der Waals surface area contributed by atoms with Crippen LogP contribution in [-0.2, 0) is 11.3 Å². The van der Waals surface area contributed by atoms with Crippen LogP contribution in [-0.4, -0.2) is 41.4 Å². The van der Waals surface area contributed by atoms with Gasteiger partial charge in [-0.2, -0.15) is 0 Å². The number of hydrogen-bond acceptors (Lipinski definition) is 3. The Kier molecular flexibility index (Phi) is 6.47. The Morgan fingerprint density at radius 1 is 1.09 bits per heavy atom. The van der Waals surface area contributed by atoms with Gasteiger partial charge in [0.05, 0.1) is 10.6 Å². The Hall–Kier alpha value is -3.59. The lowest BCUT2D eigenvalue weighted by Crippen LogP contribution is -2.52.